The van der Waals surface area contributed by atoms with Crippen molar-refractivity contribution in [1.29, 1.82) is 0 Å². The Hall–Kier alpha value is -1.46. The topological polar surface area (TPSA) is 80.9 Å². The van der Waals surface area contributed by atoms with Gasteiger partial charge in [0.15, 0.2) is 0 Å². The average molecular weight is 196 g/mol. The molecule has 2 atom stereocenters. The minimum atomic E-state index is -1.07. The van der Waals surface area contributed by atoms with Gasteiger partial charge in [0, 0.05) is 13.0 Å². The SMILES string of the molecule is O/C=C\[C@@H](O)C#CC#C[C@H](O)CCO. The summed E-state index contributed by atoms with van der Waals surface area (Å²) < 4.78 is 0. The summed E-state index contributed by atoms with van der Waals surface area (Å²) in [7, 11) is 0. The van der Waals surface area contributed by atoms with E-state index < -0.39 is 12.2 Å². The van der Waals surface area contributed by atoms with E-state index in [2.05, 4.69) is 23.7 Å². The van der Waals surface area contributed by atoms with Gasteiger partial charge in [-0.1, -0.05) is 11.8 Å². The van der Waals surface area contributed by atoms with Crippen LogP contribution in [0.5, 0.6) is 0 Å². The van der Waals surface area contributed by atoms with E-state index in [4.69, 9.17) is 20.4 Å². The molecule has 76 valence electrons. The maximum absolute atomic E-state index is 9.00. The van der Waals surface area contributed by atoms with E-state index in [9.17, 15) is 0 Å². The first-order valence-electron chi connectivity index (χ1n) is 3.99. The van der Waals surface area contributed by atoms with Crippen LogP contribution in [-0.4, -0.2) is 39.2 Å². The molecule has 0 aromatic rings. The van der Waals surface area contributed by atoms with Gasteiger partial charge < -0.3 is 20.4 Å². The predicted molar refractivity (Wildman–Crippen MR) is 51.0 cm³/mol. The summed E-state index contributed by atoms with van der Waals surface area (Å²) in [4.78, 5) is 0. The highest BCUT2D eigenvalue weighted by Crippen LogP contribution is 1.85. The maximum Gasteiger partial charge on any atom is 0.137 e. The van der Waals surface area contributed by atoms with Crippen LogP contribution in [0.1, 0.15) is 6.42 Å². The van der Waals surface area contributed by atoms with Gasteiger partial charge in [0.1, 0.15) is 12.2 Å². The van der Waals surface area contributed by atoms with Gasteiger partial charge in [-0.3, -0.25) is 0 Å². The summed E-state index contributed by atoms with van der Waals surface area (Å²) >= 11 is 0. The van der Waals surface area contributed by atoms with E-state index >= 15 is 0 Å². The molecule has 0 radical (unpaired) electrons. The van der Waals surface area contributed by atoms with Crippen LogP contribution >= 0.6 is 0 Å². The third-order valence-corrected chi connectivity index (χ3v) is 1.19. The molecule has 0 fully saturated rings. The van der Waals surface area contributed by atoms with E-state index in [1.165, 1.54) is 0 Å². The summed E-state index contributed by atoms with van der Waals surface area (Å²) in [5.41, 5.74) is 0. The second-order valence-corrected chi connectivity index (χ2v) is 2.35. The predicted octanol–water partition coefficient (Wildman–Crippen LogP) is -0.831. The molecular weight excluding hydrogens is 184 g/mol. The number of hydrogen-bond acceptors (Lipinski definition) is 4. The summed E-state index contributed by atoms with van der Waals surface area (Å²) in [6, 6.07) is 0. The molecule has 0 heterocycles. The molecule has 0 saturated carbocycles. The largest absolute Gasteiger partial charge is 0.516 e. The van der Waals surface area contributed by atoms with Gasteiger partial charge in [0.05, 0.1) is 6.26 Å². The van der Waals surface area contributed by atoms with E-state index in [1.54, 1.807) is 0 Å². The van der Waals surface area contributed by atoms with E-state index in [0.29, 0.717) is 6.26 Å². The monoisotopic (exact) mass is 196 g/mol. The van der Waals surface area contributed by atoms with Crippen molar-refractivity contribution < 1.29 is 20.4 Å². The Morgan fingerprint density at radius 1 is 1.14 bits per heavy atom. The fourth-order valence-corrected chi connectivity index (χ4v) is 0.554. The van der Waals surface area contributed by atoms with Crippen LogP contribution < -0.4 is 0 Å². The first-order chi connectivity index (χ1) is 6.70. The van der Waals surface area contributed by atoms with Gasteiger partial charge in [-0.05, 0) is 17.9 Å². The molecule has 0 bridgehead atoms. The molecule has 14 heavy (non-hydrogen) atoms. The van der Waals surface area contributed by atoms with Gasteiger partial charge >= 0.3 is 0 Å². The summed E-state index contributed by atoms with van der Waals surface area (Å²) in [5, 5.41) is 34.6. The van der Waals surface area contributed by atoms with Crippen molar-refractivity contribution in [1.82, 2.24) is 0 Å². The van der Waals surface area contributed by atoms with Crippen LogP contribution in [0.2, 0.25) is 0 Å². The summed E-state index contributed by atoms with van der Waals surface area (Å²) in [5.74, 6) is 9.25. The zero-order chi connectivity index (χ0) is 10.8. The zero-order valence-electron chi connectivity index (χ0n) is 7.51. The van der Waals surface area contributed by atoms with Gasteiger partial charge in [-0.2, -0.15) is 0 Å². The molecule has 0 unspecified atom stereocenters. The van der Waals surface area contributed by atoms with E-state index in [-0.39, 0.29) is 13.0 Å². The van der Waals surface area contributed by atoms with Crippen molar-refractivity contribution in [2.75, 3.05) is 6.61 Å². The lowest BCUT2D eigenvalue weighted by atomic mass is 10.2. The third kappa shape index (κ3) is 7.20. The zero-order valence-corrected chi connectivity index (χ0v) is 7.51. The van der Waals surface area contributed by atoms with Crippen molar-refractivity contribution in [3.05, 3.63) is 12.3 Å². The highest BCUT2D eigenvalue weighted by atomic mass is 16.3. The van der Waals surface area contributed by atoms with E-state index in [0.717, 1.165) is 6.08 Å². The molecule has 0 aliphatic rings. The Bertz CT molecular complexity index is 287. The van der Waals surface area contributed by atoms with E-state index in [1.807, 2.05) is 0 Å². The molecule has 0 saturated heterocycles. The Labute approximate surface area is 82.5 Å². The van der Waals surface area contributed by atoms with Gasteiger partial charge in [-0.15, -0.1) is 0 Å². The van der Waals surface area contributed by atoms with Crippen LogP contribution in [0.3, 0.4) is 0 Å². The molecule has 0 aliphatic carbocycles. The minimum absolute atomic E-state index is 0.140. The molecule has 0 aromatic heterocycles. The second kappa shape index (κ2) is 8.15. The summed E-state index contributed by atoms with van der Waals surface area (Å²) in [6.07, 6.45) is -0.0240. The smallest absolute Gasteiger partial charge is 0.137 e. The van der Waals surface area contributed by atoms with Crippen molar-refractivity contribution in [3.63, 3.8) is 0 Å². The molecule has 0 aliphatic heterocycles. The van der Waals surface area contributed by atoms with Crippen LogP contribution in [0.4, 0.5) is 0 Å². The molecule has 4 heteroatoms. The maximum atomic E-state index is 9.00. The molecule has 4 nitrogen and oxygen atoms in total. The first kappa shape index (κ1) is 12.5. The third-order valence-electron chi connectivity index (χ3n) is 1.19. The number of aliphatic hydroxyl groups is 4. The van der Waals surface area contributed by atoms with Gasteiger partial charge in [0.2, 0.25) is 0 Å². The second-order valence-electron chi connectivity index (χ2n) is 2.35. The van der Waals surface area contributed by atoms with Crippen molar-refractivity contribution >= 4 is 0 Å². The molecule has 0 spiro atoms. The molecule has 0 aromatic carbocycles. The average Bonchev–Trinajstić information content (AvgIpc) is 2.13. The van der Waals surface area contributed by atoms with Crippen LogP contribution in [0, 0.1) is 23.7 Å². The number of aliphatic hydroxyl groups excluding tert-OH is 4. The van der Waals surface area contributed by atoms with Crippen LogP contribution in [0.25, 0.3) is 0 Å². The van der Waals surface area contributed by atoms with Gasteiger partial charge in [0.25, 0.3) is 0 Å². The van der Waals surface area contributed by atoms with Crippen molar-refractivity contribution in [2.45, 2.75) is 18.6 Å². The Morgan fingerprint density at radius 2 is 1.79 bits per heavy atom. The molecule has 4 N–H and O–H groups in total. The number of hydrogen-bond donors (Lipinski definition) is 4. The highest BCUT2D eigenvalue weighted by molar-refractivity contribution is 5.29. The molecular formula is C10H12O4. The van der Waals surface area contributed by atoms with Crippen LogP contribution in [0.15, 0.2) is 12.3 Å². The van der Waals surface area contributed by atoms with Crippen LogP contribution in [-0.2, 0) is 0 Å². The normalized spacial score (nSPS) is 13.6. The number of rotatable bonds is 3. The van der Waals surface area contributed by atoms with Crippen molar-refractivity contribution in [2.24, 2.45) is 0 Å². The van der Waals surface area contributed by atoms with Crippen molar-refractivity contribution in [3.8, 4) is 23.7 Å². The Morgan fingerprint density at radius 3 is 2.36 bits per heavy atom. The van der Waals surface area contributed by atoms with Gasteiger partial charge in [-0.25, -0.2) is 0 Å². The highest BCUT2D eigenvalue weighted by Gasteiger charge is 1.94. The Balaban J connectivity index is 4.00. The minimum Gasteiger partial charge on any atom is -0.516 e. The molecule has 0 amide bonds. The quantitative estimate of drug-likeness (QED) is 0.351. The standard InChI is InChI=1S/C10H12O4/c11-7-5-9(13)3-1-2-4-10(14)6-8-12/h5,7,9-14H,6,8H2/b7-5-/t9-,10-/m0/s1. The fraction of sp³-hybridized carbons (Fsp3) is 0.400. The summed E-state index contributed by atoms with van der Waals surface area (Å²) in [6.45, 7) is -0.140. The lowest BCUT2D eigenvalue weighted by Crippen LogP contribution is -2.04. The first-order valence-corrected chi connectivity index (χ1v) is 3.99. The fourth-order valence-electron chi connectivity index (χ4n) is 0.554. The Kier molecular flexibility index (Phi) is 7.30. The lowest BCUT2D eigenvalue weighted by molar-refractivity contribution is 0.177. The molecule has 0 rings (SSSR count). The lowest BCUT2D eigenvalue weighted by Gasteiger charge is -1.95.